The van der Waals surface area contributed by atoms with Gasteiger partial charge in [-0.1, -0.05) is 25.7 Å². The Labute approximate surface area is 147 Å². The first-order valence-electron chi connectivity index (χ1n) is 8.63. The van der Waals surface area contributed by atoms with Gasteiger partial charge in [-0.15, -0.1) is 0 Å². The largest absolute Gasteiger partial charge is 0.466 e. The van der Waals surface area contributed by atoms with Gasteiger partial charge in [-0.05, 0) is 31.9 Å². The number of hydrogen-bond acceptors (Lipinski definition) is 6. The van der Waals surface area contributed by atoms with Crippen LogP contribution in [-0.4, -0.2) is 23.5 Å². The number of nitrogens with zero attached hydrogens (tertiary/aromatic N) is 1. The molecule has 7 nitrogen and oxygen atoms in total. The average molecular weight is 351 g/mol. The first kappa shape index (κ1) is 20.6. The van der Waals surface area contributed by atoms with Gasteiger partial charge in [-0.3, -0.25) is 19.7 Å². The van der Waals surface area contributed by atoms with E-state index in [1.165, 1.54) is 24.3 Å². The fourth-order valence-electron chi connectivity index (χ4n) is 2.30. The van der Waals surface area contributed by atoms with E-state index < -0.39 is 4.92 Å². The molecule has 0 atom stereocenters. The molecular formula is C18H25NO6. The summed E-state index contributed by atoms with van der Waals surface area (Å²) in [6.07, 6.45) is 6.30. The van der Waals surface area contributed by atoms with E-state index in [0.717, 1.165) is 38.5 Å². The van der Waals surface area contributed by atoms with E-state index >= 15 is 0 Å². The van der Waals surface area contributed by atoms with E-state index in [-0.39, 0.29) is 17.6 Å². The monoisotopic (exact) mass is 351 g/mol. The van der Waals surface area contributed by atoms with E-state index in [1.807, 2.05) is 0 Å². The van der Waals surface area contributed by atoms with Gasteiger partial charge in [-0.2, -0.15) is 0 Å². The fourth-order valence-corrected chi connectivity index (χ4v) is 2.30. The van der Waals surface area contributed by atoms with Crippen LogP contribution in [-0.2, 0) is 14.3 Å². The number of carbonyl (C=O) groups is 2. The van der Waals surface area contributed by atoms with Crippen LogP contribution in [0.5, 0.6) is 5.75 Å². The van der Waals surface area contributed by atoms with Gasteiger partial charge >= 0.3 is 11.9 Å². The van der Waals surface area contributed by atoms with Crippen molar-refractivity contribution in [3.8, 4) is 5.75 Å². The second kappa shape index (κ2) is 12.0. The maximum absolute atomic E-state index is 11.7. The predicted octanol–water partition coefficient (Wildman–Crippen LogP) is 4.18. The quantitative estimate of drug-likeness (QED) is 0.184. The highest BCUT2D eigenvalue weighted by atomic mass is 16.6. The molecule has 138 valence electrons. The van der Waals surface area contributed by atoms with Crippen LogP contribution in [0.1, 0.15) is 58.3 Å². The van der Waals surface area contributed by atoms with Crippen LogP contribution in [0.15, 0.2) is 24.3 Å². The molecule has 0 heterocycles. The number of non-ortho nitro benzene ring substituents is 1. The number of carbonyl (C=O) groups excluding carboxylic acids is 2. The van der Waals surface area contributed by atoms with Crippen LogP contribution in [0, 0.1) is 10.1 Å². The van der Waals surface area contributed by atoms with E-state index in [2.05, 4.69) is 0 Å². The van der Waals surface area contributed by atoms with Crippen molar-refractivity contribution in [1.82, 2.24) is 0 Å². The zero-order valence-electron chi connectivity index (χ0n) is 14.6. The Morgan fingerprint density at radius 2 is 1.44 bits per heavy atom. The summed E-state index contributed by atoms with van der Waals surface area (Å²) in [4.78, 5) is 32.9. The molecule has 0 radical (unpaired) electrons. The molecule has 0 saturated heterocycles. The molecule has 7 heteroatoms. The predicted molar refractivity (Wildman–Crippen MR) is 92.3 cm³/mol. The Morgan fingerprint density at radius 1 is 0.920 bits per heavy atom. The fraction of sp³-hybridized carbons (Fsp3) is 0.556. The number of nitro benzene ring substituents is 1. The summed E-state index contributed by atoms with van der Waals surface area (Å²) in [7, 11) is 0. The van der Waals surface area contributed by atoms with Crippen molar-refractivity contribution in [3.05, 3.63) is 34.4 Å². The molecule has 0 spiro atoms. The summed E-state index contributed by atoms with van der Waals surface area (Å²) in [5.41, 5.74) is -0.0391. The van der Waals surface area contributed by atoms with Gasteiger partial charge in [-0.25, -0.2) is 0 Å². The molecule has 0 unspecified atom stereocenters. The molecule has 0 aliphatic rings. The molecule has 0 aliphatic heterocycles. The molecule has 1 aromatic carbocycles. The second-order valence-corrected chi connectivity index (χ2v) is 5.65. The summed E-state index contributed by atoms with van der Waals surface area (Å²) in [6.45, 7) is 2.22. The molecule has 0 N–H and O–H groups in total. The van der Waals surface area contributed by atoms with E-state index in [4.69, 9.17) is 9.47 Å². The standard InChI is InChI=1S/C18H25NO6/c1-2-24-17(20)9-7-5-3-4-6-8-10-18(21)25-16-13-11-15(12-14-16)19(22)23/h11-14H,2-10H2,1H3. The van der Waals surface area contributed by atoms with Crippen molar-refractivity contribution in [2.75, 3.05) is 6.61 Å². The van der Waals surface area contributed by atoms with Crippen LogP contribution in [0.25, 0.3) is 0 Å². The van der Waals surface area contributed by atoms with Crippen molar-refractivity contribution in [3.63, 3.8) is 0 Å². The number of unbranched alkanes of at least 4 members (excludes halogenated alkanes) is 5. The minimum Gasteiger partial charge on any atom is -0.466 e. The first-order chi connectivity index (χ1) is 12.0. The summed E-state index contributed by atoms with van der Waals surface area (Å²) < 4.78 is 9.99. The molecule has 0 fully saturated rings. The number of esters is 2. The third-order valence-electron chi connectivity index (χ3n) is 3.60. The van der Waals surface area contributed by atoms with E-state index in [1.54, 1.807) is 6.92 Å². The highest BCUT2D eigenvalue weighted by Gasteiger charge is 2.08. The summed E-state index contributed by atoms with van der Waals surface area (Å²) in [6, 6.07) is 5.44. The lowest BCUT2D eigenvalue weighted by atomic mass is 10.1. The van der Waals surface area contributed by atoms with Gasteiger partial charge in [0.25, 0.3) is 5.69 Å². The molecule has 0 aromatic heterocycles. The summed E-state index contributed by atoms with van der Waals surface area (Å²) >= 11 is 0. The molecule has 25 heavy (non-hydrogen) atoms. The Bertz CT molecular complexity index is 555. The maximum Gasteiger partial charge on any atom is 0.311 e. The zero-order valence-corrected chi connectivity index (χ0v) is 14.6. The topological polar surface area (TPSA) is 95.7 Å². The van der Waals surface area contributed by atoms with Crippen molar-refractivity contribution in [2.45, 2.75) is 58.3 Å². The normalized spacial score (nSPS) is 10.3. The number of ether oxygens (including phenoxy) is 2. The SMILES string of the molecule is CCOC(=O)CCCCCCCCC(=O)Oc1ccc([N+](=O)[O-])cc1. The molecular weight excluding hydrogens is 326 g/mol. The highest BCUT2D eigenvalue weighted by Crippen LogP contribution is 2.18. The summed E-state index contributed by atoms with van der Waals surface area (Å²) in [5.74, 6) is -0.165. The van der Waals surface area contributed by atoms with E-state index in [9.17, 15) is 19.7 Å². The Kier molecular flexibility index (Phi) is 9.89. The first-order valence-corrected chi connectivity index (χ1v) is 8.63. The molecule has 0 amide bonds. The highest BCUT2D eigenvalue weighted by molar-refractivity contribution is 5.72. The lowest BCUT2D eigenvalue weighted by Crippen LogP contribution is -2.07. The zero-order chi connectivity index (χ0) is 18.5. The molecule has 0 bridgehead atoms. The smallest absolute Gasteiger partial charge is 0.311 e. The third kappa shape index (κ3) is 9.44. The van der Waals surface area contributed by atoms with Crippen molar-refractivity contribution in [1.29, 1.82) is 0 Å². The van der Waals surface area contributed by atoms with Crippen LogP contribution in [0.4, 0.5) is 5.69 Å². The number of hydrogen-bond donors (Lipinski definition) is 0. The van der Waals surface area contributed by atoms with Gasteiger partial charge in [0, 0.05) is 25.0 Å². The summed E-state index contributed by atoms with van der Waals surface area (Å²) in [5, 5.41) is 10.5. The Hall–Kier alpha value is -2.44. The third-order valence-corrected chi connectivity index (χ3v) is 3.60. The minimum absolute atomic E-state index is 0.0391. The molecule has 0 aliphatic carbocycles. The Balaban J connectivity index is 2.05. The lowest BCUT2D eigenvalue weighted by molar-refractivity contribution is -0.384. The number of rotatable bonds is 12. The van der Waals surface area contributed by atoms with Crippen LogP contribution < -0.4 is 4.74 Å². The minimum atomic E-state index is -0.502. The van der Waals surface area contributed by atoms with Gasteiger partial charge in [0.1, 0.15) is 5.75 Å². The van der Waals surface area contributed by atoms with Gasteiger partial charge in [0.2, 0.25) is 0 Å². The maximum atomic E-state index is 11.7. The van der Waals surface area contributed by atoms with E-state index in [0.29, 0.717) is 25.2 Å². The van der Waals surface area contributed by atoms with Crippen LogP contribution in [0.2, 0.25) is 0 Å². The van der Waals surface area contributed by atoms with Gasteiger partial charge < -0.3 is 9.47 Å². The van der Waals surface area contributed by atoms with Crippen molar-refractivity contribution < 1.29 is 24.0 Å². The number of nitro groups is 1. The number of benzene rings is 1. The van der Waals surface area contributed by atoms with Crippen LogP contribution >= 0.6 is 0 Å². The lowest BCUT2D eigenvalue weighted by Gasteiger charge is -2.04. The Morgan fingerprint density at radius 3 is 1.96 bits per heavy atom. The second-order valence-electron chi connectivity index (χ2n) is 5.65. The van der Waals surface area contributed by atoms with Gasteiger partial charge in [0.05, 0.1) is 11.5 Å². The van der Waals surface area contributed by atoms with Crippen LogP contribution in [0.3, 0.4) is 0 Å². The van der Waals surface area contributed by atoms with Gasteiger partial charge in [0.15, 0.2) is 0 Å². The van der Waals surface area contributed by atoms with Crippen molar-refractivity contribution >= 4 is 17.6 Å². The molecule has 0 saturated carbocycles. The molecule has 1 aromatic rings. The molecule has 1 rings (SSSR count). The average Bonchev–Trinajstić information content (AvgIpc) is 2.58. The van der Waals surface area contributed by atoms with Crippen molar-refractivity contribution in [2.24, 2.45) is 0 Å².